The first-order chi connectivity index (χ1) is 17.1. The molecule has 1 amide bonds. The summed E-state index contributed by atoms with van der Waals surface area (Å²) in [4.78, 5) is 20.0. The van der Waals surface area contributed by atoms with Gasteiger partial charge in [0.1, 0.15) is 11.7 Å². The SMILES string of the molecule is CN(C)C(=O)Cc1cccc2ccc(-c3nnc4ccc([C@@H](N5CCC(N)C5)C(F)(F)F)cn34)nc12.Cl.Cl. The number of fused-ring (bicyclic) bond motifs is 2. The third-order valence-corrected chi connectivity index (χ3v) is 6.55. The molecule has 0 spiro atoms. The Hall–Kier alpha value is -2.99. The van der Waals surface area contributed by atoms with Crippen molar-refractivity contribution in [3.8, 4) is 11.5 Å². The number of para-hydroxylation sites is 1. The minimum atomic E-state index is -4.47. The Kier molecular flexibility index (Phi) is 8.87. The standard InChI is InChI=1S/C25H26F3N7O.2ClH/c1-33(2)21(36)12-16-5-3-4-15-6-8-19(30-22(15)16)24-32-31-20-9-7-17(13-35(20)24)23(25(26,27)28)34-11-10-18(29)14-34;;/h3-9,13,18,23H,10-12,14,29H2,1-2H3;2*1H/t18?,23-;;/m1../s1. The molecule has 4 heterocycles. The van der Waals surface area contributed by atoms with E-state index >= 15 is 0 Å². The fraction of sp³-hybridized carbons (Fsp3) is 0.360. The molecule has 1 aliphatic rings. The van der Waals surface area contributed by atoms with E-state index in [4.69, 9.17) is 10.7 Å². The molecule has 3 aromatic heterocycles. The van der Waals surface area contributed by atoms with E-state index in [1.807, 2.05) is 24.3 Å². The Balaban J connectivity index is 0.00000200. The second-order valence-corrected chi connectivity index (χ2v) is 9.35. The minimum Gasteiger partial charge on any atom is -0.349 e. The van der Waals surface area contributed by atoms with Crippen LogP contribution in [0.3, 0.4) is 0 Å². The molecule has 2 atom stereocenters. The molecule has 204 valence electrons. The van der Waals surface area contributed by atoms with E-state index in [-0.39, 0.29) is 61.8 Å². The van der Waals surface area contributed by atoms with Crippen LogP contribution in [0.15, 0.2) is 48.7 Å². The van der Waals surface area contributed by atoms with Crippen molar-refractivity contribution in [2.45, 2.75) is 31.1 Å². The molecule has 0 bridgehead atoms. The number of nitrogens with zero attached hydrogens (tertiary/aromatic N) is 6. The Morgan fingerprint density at radius 1 is 1.13 bits per heavy atom. The second-order valence-electron chi connectivity index (χ2n) is 9.35. The highest BCUT2D eigenvalue weighted by Gasteiger charge is 2.46. The van der Waals surface area contributed by atoms with Crippen molar-refractivity contribution >= 4 is 47.3 Å². The number of rotatable bonds is 5. The zero-order valence-corrected chi connectivity index (χ0v) is 22.4. The van der Waals surface area contributed by atoms with Crippen molar-refractivity contribution in [2.75, 3.05) is 27.2 Å². The average molecular weight is 570 g/mol. The molecule has 0 saturated carbocycles. The monoisotopic (exact) mass is 569 g/mol. The molecule has 5 rings (SSSR count). The van der Waals surface area contributed by atoms with Gasteiger partial charge >= 0.3 is 6.18 Å². The maximum Gasteiger partial charge on any atom is 0.408 e. The summed E-state index contributed by atoms with van der Waals surface area (Å²) in [5.74, 6) is 0.258. The van der Waals surface area contributed by atoms with Crippen molar-refractivity contribution in [3.05, 3.63) is 59.8 Å². The van der Waals surface area contributed by atoms with Crippen molar-refractivity contribution in [3.63, 3.8) is 0 Å². The van der Waals surface area contributed by atoms with Gasteiger partial charge in [0.25, 0.3) is 0 Å². The number of nitrogens with two attached hydrogens (primary N) is 1. The summed E-state index contributed by atoms with van der Waals surface area (Å²) in [6.07, 6.45) is -2.34. The first kappa shape index (κ1) is 29.6. The maximum absolute atomic E-state index is 14.1. The Labute approximate surface area is 229 Å². The summed E-state index contributed by atoms with van der Waals surface area (Å²) in [7, 11) is 3.38. The number of carbonyl (C=O) groups excluding carboxylic acids is 1. The predicted octanol–water partition coefficient (Wildman–Crippen LogP) is 4.06. The number of alkyl halides is 3. The summed E-state index contributed by atoms with van der Waals surface area (Å²) < 4.78 is 44.0. The largest absolute Gasteiger partial charge is 0.408 e. The van der Waals surface area contributed by atoms with Gasteiger partial charge in [-0.25, -0.2) is 4.98 Å². The van der Waals surface area contributed by atoms with Crippen LogP contribution in [0.25, 0.3) is 28.1 Å². The molecular formula is C25H28Cl2F3N7O. The zero-order valence-electron chi connectivity index (χ0n) is 20.7. The second kappa shape index (κ2) is 11.4. The average Bonchev–Trinajstić information content (AvgIpc) is 3.44. The van der Waals surface area contributed by atoms with E-state index in [1.54, 1.807) is 20.2 Å². The summed E-state index contributed by atoms with van der Waals surface area (Å²) in [5.41, 5.74) is 8.23. The quantitative estimate of drug-likeness (QED) is 0.389. The lowest BCUT2D eigenvalue weighted by molar-refractivity contribution is -0.183. The number of likely N-dealkylation sites (N-methyl/N-ethyl adjacent to an activating group) is 1. The Morgan fingerprint density at radius 3 is 2.55 bits per heavy atom. The lowest BCUT2D eigenvalue weighted by atomic mass is 10.1. The van der Waals surface area contributed by atoms with Crippen molar-refractivity contribution < 1.29 is 18.0 Å². The van der Waals surface area contributed by atoms with Crippen LogP contribution >= 0.6 is 24.8 Å². The van der Waals surface area contributed by atoms with Gasteiger partial charge in [0.15, 0.2) is 11.5 Å². The predicted molar refractivity (Wildman–Crippen MR) is 144 cm³/mol. The smallest absolute Gasteiger partial charge is 0.349 e. The third-order valence-electron chi connectivity index (χ3n) is 6.55. The number of hydrogen-bond donors (Lipinski definition) is 1. The van der Waals surface area contributed by atoms with Crippen LogP contribution < -0.4 is 5.73 Å². The normalized spacial score (nSPS) is 16.7. The fourth-order valence-electron chi connectivity index (χ4n) is 4.70. The van der Waals surface area contributed by atoms with Gasteiger partial charge in [0, 0.05) is 44.8 Å². The van der Waals surface area contributed by atoms with Gasteiger partial charge in [-0.2, -0.15) is 13.2 Å². The summed E-state index contributed by atoms with van der Waals surface area (Å²) in [5, 5.41) is 9.21. The molecule has 1 aliphatic heterocycles. The van der Waals surface area contributed by atoms with Crippen molar-refractivity contribution in [1.29, 1.82) is 0 Å². The van der Waals surface area contributed by atoms with Gasteiger partial charge in [-0.05, 0) is 29.7 Å². The van der Waals surface area contributed by atoms with E-state index < -0.39 is 12.2 Å². The number of benzene rings is 1. The fourth-order valence-corrected chi connectivity index (χ4v) is 4.70. The van der Waals surface area contributed by atoms with Gasteiger partial charge < -0.3 is 10.6 Å². The molecule has 1 fully saturated rings. The van der Waals surface area contributed by atoms with E-state index in [0.717, 1.165) is 10.9 Å². The van der Waals surface area contributed by atoms with Crippen LogP contribution in [-0.4, -0.2) is 74.7 Å². The van der Waals surface area contributed by atoms with E-state index in [0.29, 0.717) is 29.1 Å². The van der Waals surface area contributed by atoms with Gasteiger partial charge in [0.05, 0.1) is 11.9 Å². The summed E-state index contributed by atoms with van der Waals surface area (Å²) in [6.45, 7) is 0.455. The molecule has 2 N–H and O–H groups in total. The number of carbonyl (C=O) groups is 1. The summed E-state index contributed by atoms with van der Waals surface area (Å²) >= 11 is 0. The Morgan fingerprint density at radius 2 is 1.89 bits per heavy atom. The highest BCUT2D eigenvalue weighted by molar-refractivity contribution is 5.88. The van der Waals surface area contributed by atoms with Crippen molar-refractivity contribution in [1.82, 2.24) is 29.4 Å². The highest BCUT2D eigenvalue weighted by Crippen LogP contribution is 2.39. The first-order valence-electron chi connectivity index (χ1n) is 11.6. The van der Waals surface area contributed by atoms with Crippen LogP contribution in [0.4, 0.5) is 13.2 Å². The van der Waals surface area contributed by atoms with Crippen LogP contribution in [0.5, 0.6) is 0 Å². The van der Waals surface area contributed by atoms with Crippen LogP contribution in [0.1, 0.15) is 23.6 Å². The van der Waals surface area contributed by atoms with Gasteiger partial charge in [0.2, 0.25) is 5.91 Å². The molecule has 1 unspecified atom stereocenters. The van der Waals surface area contributed by atoms with Crippen LogP contribution in [0.2, 0.25) is 0 Å². The van der Waals surface area contributed by atoms with Crippen LogP contribution in [0, 0.1) is 0 Å². The number of likely N-dealkylation sites (tertiary alicyclic amines) is 1. The molecule has 13 heteroatoms. The van der Waals surface area contributed by atoms with Gasteiger partial charge in [-0.15, -0.1) is 35.0 Å². The van der Waals surface area contributed by atoms with Gasteiger partial charge in [-0.1, -0.05) is 30.3 Å². The first-order valence-corrected chi connectivity index (χ1v) is 11.6. The minimum absolute atomic E-state index is 0. The molecule has 4 aromatic rings. The number of aromatic nitrogens is 4. The molecule has 0 aliphatic carbocycles. The van der Waals surface area contributed by atoms with E-state index in [1.165, 1.54) is 32.5 Å². The zero-order chi connectivity index (χ0) is 25.6. The number of pyridine rings is 2. The molecule has 1 aromatic carbocycles. The summed E-state index contributed by atoms with van der Waals surface area (Å²) in [6, 6.07) is 10.1. The topological polar surface area (TPSA) is 92.7 Å². The molecule has 8 nitrogen and oxygen atoms in total. The molecule has 38 heavy (non-hydrogen) atoms. The third kappa shape index (κ3) is 5.70. The molecular weight excluding hydrogens is 542 g/mol. The number of amides is 1. The lowest BCUT2D eigenvalue weighted by Crippen LogP contribution is -2.38. The maximum atomic E-state index is 14.1. The number of halogens is 5. The number of hydrogen-bond acceptors (Lipinski definition) is 6. The lowest BCUT2D eigenvalue weighted by Gasteiger charge is -2.30. The van der Waals surface area contributed by atoms with E-state index in [2.05, 4.69) is 10.2 Å². The van der Waals surface area contributed by atoms with E-state index in [9.17, 15) is 18.0 Å². The molecule has 0 radical (unpaired) electrons. The highest BCUT2D eigenvalue weighted by atomic mass is 35.5. The van der Waals surface area contributed by atoms with Crippen LogP contribution in [-0.2, 0) is 11.2 Å². The molecule has 1 saturated heterocycles. The van der Waals surface area contributed by atoms with Crippen molar-refractivity contribution in [2.24, 2.45) is 5.73 Å². The Bertz CT molecular complexity index is 1440. The van der Waals surface area contributed by atoms with Gasteiger partial charge in [-0.3, -0.25) is 14.1 Å².